The summed E-state index contributed by atoms with van der Waals surface area (Å²) in [7, 11) is 1.66. The maximum Gasteiger partial charge on any atom is 0.282 e. The first-order chi connectivity index (χ1) is 11.0. The minimum absolute atomic E-state index is 0.0112. The van der Waals surface area contributed by atoms with Crippen molar-refractivity contribution in [1.82, 2.24) is 5.32 Å². The van der Waals surface area contributed by atoms with Gasteiger partial charge in [0.1, 0.15) is 26.2 Å². The standard InChI is InChI=1S/C16H23ClN4O2/c1-12(16(23)19-14-5-3-13(17)4-6-14)21-9-7-20(8-10-21)11-15(22)18-2/h3-6,12H,7-11H2,1-2H3,(H,18,22)(H,19,23)/p+2/t12-/m1/s1. The number of likely N-dealkylation sites (N-methyl/N-ethyl adjacent to an activating group) is 1. The quantitative estimate of drug-likeness (QED) is 0.511. The van der Waals surface area contributed by atoms with Gasteiger partial charge in [-0.3, -0.25) is 9.59 Å². The van der Waals surface area contributed by atoms with Gasteiger partial charge in [-0.25, -0.2) is 0 Å². The molecule has 2 amide bonds. The molecule has 1 fully saturated rings. The van der Waals surface area contributed by atoms with Gasteiger partial charge in [-0.05, 0) is 31.2 Å². The number of amides is 2. The molecule has 6 nitrogen and oxygen atoms in total. The van der Waals surface area contributed by atoms with Gasteiger partial charge in [0.2, 0.25) is 0 Å². The van der Waals surface area contributed by atoms with Gasteiger partial charge in [0, 0.05) is 17.8 Å². The van der Waals surface area contributed by atoms with E-state index in [9.17, 15) is 9.59 Å². The third-order valence-electron chi connectivity index (χ3n) is 4.41. The summed E-state index contributed by atoms with van der Waals surface area (Å²) in [5.41, 5.74) is 0.759. The van der Waals surface area contributed by atoms with Crippen molar-refractivity contribution >= 4 is 29.1 Å². The summed E-state index contributed by atoms with van der Waals surface area (Å²) in [5.74, 6) is 0.0778. The van der Waals surface area contributed by atoms with Gasteiger partial charge in [0.05, 0.1) is 0 Å². The molecule has 1 aliphatic heterocycles. The smallest absolute Gasteiger partial charge is 0.282 e. The minimum atomic E-state index is -0.118. The Kier molecular flexibility index (Phi) is 6.38. The van der Waals surface area contributed by atoms with Crippen LogP contribution in [-0.4, -0.2) is 57.6 Å². The first kappa shape index (κ1) is 17.7. The Morgan fingerprint density at radius 3 is 2.35 bits per heavy atom. The fraction of sp³-hybridized carbons (Fsp3) is 0.500. The van der Waals surface area contributed by atoms with E-state index in [1.807, 2.05) is 6.92 Å². The fourth-order valence-corrected chi connectivity index (χ4v) is 2.95. The molecule has 1 aliphatic rings. The van der Waals surface area contributed by atoms with Crippen LogP contribution in [0.3, 0.4) is 0 Å². The number of rotatable bonds is 5. The number of benzene rings is 1. The molecule has 126 valence electrons. The molecule has 1 atom stereocenters. The van der Waals surface area contributed by atoms with Crippen LogP contribution in [0.2, 0.25) is 5.02 Å². The fourth-order valence-electron chi connectivity index (χ4n) is 2.82. The number of hydrogen-bond acceptors (Lipinski definition) is 2. The largest absolute Gasteiger partial charge is 0.354 e. The zero-order valence-electron chi connectivity index (χ0n) is 13.6. The Bertz CT molecular complexity index is 542. The Hall–Kier alpha value is -1.63. The molecule has 1 aromatic carbocycles. The van der Waals surface area contributed by atoms with Crippen molar-refractivity contribution in [3.05, 3.63) is 29.3 Å². The van der Waals surface area contributed by atoms with Gasteiger partial charge >= 0.3 is 0 Å². The number of hydrogen-bond donors (Lipinski definition) is 4. The van der Waals surface area contributed by atoms with Crippen LogP contribution in [0.4, 0.5) is 5.69 Å². The summed E-state index contributed by atoms with van der Waals surface area (Å²) >= 11 is 5.85. The zero-order valence-corrected chi connectivity index (χ0v) is 14.4. The average Bonchev–Trinajstić information content (AvgIpc) is 2.56. The Morgan fingerprint density at radius 2 is 1.78 bits per heavy atom. The van der Waals surface area contributed by atoms with Gasteiger partial charge in [0.15, 0.2) is 12.6 Å². The summed E-state index contributed by atoms with van der Waals surface area (Å²) in [5, 5.41) is 6.23. The van der Waals surface area contributed by atoms with Gasteiger partial charge < -0.3 is 20.4 Å². The van der Waals surface area contributed by atoms with Crippen molar-refractivity contribution in [3.8, 4) is 0 Å². The van der Waals surface area contributed by atoms with Crippen LogP contribution in [0.5, 0.6) is 0 Å². The number of piperazine rings is 1. The molecule has 2 rings (SSSR count). The van der Waals surface area contributed by atoms with Gasteiger partial charge in [0.25, 0.3) is 11.8 Å². The lowest BCUT2D eigenvalue weighted by Gasteiger charge is -2.32. The lowest BCUT2D eigenvalue weighted by atomic mass is 10.2. The van der Waals surface area contributed by atoms with E-state index in [0.29, 0.717) is 11.6 Å². The van der Waals surface area contributed by atoms with Crippen LogP contribution in [0.15, 0.2) is 24.3 Å². The lowest BCUT2D eigenvalue weighted by molar-refractivity contribution is -1.01. The second-order valence-electron chi connectivity index (χ2n) is 5.98. The predicted molar refractivity (Wildman–Crippen MR) is 89.9 cm³/mol. The Balaban J connectivity index is 1.81. The summed E-state index contributed by atoms with van der Waals surface area (Å²) in [6, 6.07) is 7.00. The van der Waals surface area contributed by atoms with Crippen LogP contribution in [0, 0.1) is 0 Å². The molecule has 0 radical (unpaired) electrons. The molecule has 23 heavy (non-hydrogen) atoms. The number of carbonyl (C=O) groups is 2. The SMILES string of the molecule is CNC(=O)C[NH+]1CC[NH+]([C@H](C)C(=O)Nc2ccc(Cl)cc2)CC1. The van der Waals surface area contributed by atoms with E-state index in [-0.39, 0.29) is 17.9 Å². The minimum Gasteiger partial charge on any atom is -0.354 e. The third kappa shape index (κ3) is 5.20. The number of halogens is 1. The number of carbonyl (C=O) groups excluding carboxylic acids is 2. The number of nitrogens with one attached hydrogen (secondary N) is 4. The molecule has 1 aromatic rings. The molecule has 0 aromatic heterocycles. The van der Waals surface area contributed by atoms with Crippen molar-refractivity contribution < 1.29 is 19.4 Å². The van der Waals surface area contributed by atoms with Gasteiger partial charge in [-0.1, -0.05) is 11.6 Å². The highest BCUT2D eigenvalue weighted by molar-refractivity contribution is 6.30. The molecule has 1 saturated heterocycles. The van der Waals surface area contributed by atoms with Crippen molar-refractivity contribution in [3.63, 3.8) is 0 Å². The number of anilines is 1. The molecule has 1 heterocycles. The summed E-state index contributed by atoms with van der Waals surface area (Å²) in [6.07, 6.45) is 0. The molecule has 7 heteroatoms. The van der Waals surface area contributed by atoms with E-state index < -0.39 is 0 Å². The van der Waals surface area contributed by atoms with Crippen molar-refractivity contribution in [2.75, 3.05) is 45.1 Å². The highest BCUT2D eigenvalue weighted by atomic mass is 35.5. The number of quaternary nitrogens is 2. The van der Waals surface area contributed by atoms with Crippen LogP contribution < -0.4 is 20.4 Å². The summed E-state index contributed by atoms with van der Waals surface area (Å²) < 4.78 is 0. The highest BCUT2D eigenvalue weighted by Gasteiger charge is 2.31. The molecular formula is C16H25ClN4O2+2. The summed E-state index contributed by atoms with van der Waals surface area (Å²) in [6.45, 7) is 6.05. The summed E-state index contributed by atoms with van der Waals surface area (Å²) in [4.78, 5) is 26.3. The van der Waals surface area contributed by atoms with Gasteiger partial charge in [-0.15, -0.1) is 0 Å². The molecular weight excluding hydrogens is 316 g/mol. The first-order valence-corrected chi connectivity index (χ1v) is 8.32. The molecule has 0 bridgehead atoms. The predicted octanol–water partition coefficient (Wildman–Crippen LogP) is -1.80. The van der Waals surface area contributed by atoms with Crippen molar-refractivity contribution in [2.45, 2.75) is 13.0 Å². The highest BCUT2D eigenvalue weighted by Crippen LogP contribution is 2.13. The van der Waals surface area contributed by atoms with E-state index in [1.165, 1.54) is 9.80 Å². The Labute approximate surface area is 141 Å². The van der Waals surface area contributed by atoms with Crippen molar-refractivity contribution in [1.29, 1.82) is 0 Å². The monoisotopic (exact) mass is 340 g/mol. The normalized spacial score (nSPS) is 22.2. The van der Waals surface area contributed by atoms with Crippen molar-refractivity contribution in [2.24, 2.45) is 0 Å². The van der Waals surface area contributed by atoms with Crippen LogP contribution >= 0.6 is 11.6 Å². The second kappa shape index (κ2) is 8.29. The van der Waals surface area contributed by atoms with Crippen LogP contribution in [-0.2, 0) is 9.59 Å². The lowest BCUT2D eigenvalue weighted by Crippen LogP contribution is -3.30. The average molecular weight is 341 g/mol. The molecule has 0 spiro atoms. The Morgan fingerprint density at radius 1 is 1.17 bits per heavy atom. The van der Waals surface area contributed by atoms with Gasteiger partial charge in [-0.2, -0.15) is 0 Å². The first-order valence-electron chi connectivity index (χ1n) is 7.94. The van der Waals surface area contributed by atoms with E-state index in [4.69, 9.17) is 11.6 Å². The van der Waals surface area contributed by atoms with E-state index in [2.05, 4.69) is 10.6 Å². The molecule has 0 saturated carbocycles. The van der Waals surface area contributed by atoms with E-state index in [0.717, 1.165) is 31.9 Å². The topological polar surface area (TPSA) is 67.1 Å². The van der Waals surface area contributed by atoms with E-state index >= 15 is 0 Å². The van der Waals surface area contributed by atoms with Crippen LogP contribution in [0.1, 0.15) is 6.92 Å². The maximum atomic E-state index is 12.4. The van der Waals surface area contributed by atoms with Crippen LogP contribution in [0.25, 0.3) is 0 Å². The molecule has 4 N–H and O–H groups in total. The van der Waals surface area contributed by atoms with E-state index in [1.54, 1.807) is 31.3 Å². The second-order valence-corrected chi connectivity index (χ2v) is 6.41. The third-order valence-corrected chi connectivity index (χ3v) is 4.66. The zero-order chi connectivity index (χ0) is 16.8. The maximum absolute atomic E-state index is 12.4. The molecule has 0 aliphatic carbocycles. The molecule has 0 unspecified atom stereocenters.